The summed E-state index contributed by atoms with van der Waals surface area (Å²) in [5.74, 6) is 6.24. The van der Waals surface area contributed by atoms with Crippen LogP contribution >= 0.6 is 11.3 Å². The van der Waals surface area contributed by atoms with Crippen molar-refractivity contribution in [2.75, 3.05) is 6.61 Å². The lowest BCUT2D eigenvalue weighted by Crippen LogP contribution is -2.22. The first-order valence-corrected chi connectivity index (χ1v) is 7.12. The molecule has 0 radical (unpaired) electrons. The number of thiophene rings is 1. The van der Waals surface area contributed by atoms with Crippen molar-refractivity contribution in [1.29, 1.82) is 0 Å². The zero-order chi connectivity index (χ0) is 14.2. The molecule has 2 aromatic rings. The van der Waals surface area contributed by atoms with Gasteiger partial charge in [-0.1, -0.05) is 11.8 Å². The van der Waals surface area contributed by atoms with Gasteiger partial charge in [0.15, 0.2) is 0 Å². The lowest BCUT2D eigenvalue weighted by Gasteiger charge is -2.02. The molecule has 4 nitrogen and oxygen atoms in total. The van der Waals surface area contributed by atoms with Crippen LogP contribution in [0.3, 0.4) is 0 Å². The van der Waals surface area contributed by atoms with Crippen molar-refractivity contribution in [2.45, 2.75) is 19.4 Å². The summed E-state index contributed by atoms with van der Waals surface area (Å²) >= 11 is 1.54. The number of nitrogens with one attached hydrogen (secondary N) is 1. The van der Waals surface area contributed by atoms with Gasteiger partial charge in [0.05, 0.1) is 12.8 Å². The fourth-order valence-corrected chi connectivity index (χ4v) is 2.40. The normalized spacial score (nSPS) is 9.85. The van der Waals surface area contributed by atoms with Crippen molar-refractivity contribution in [3.8, 4) is 11.8 Å². The van der Waals surface area contributed by atoms with Crippen LogP contribution < -0.4 is 5.32 Å². The summed E-state index contributed by atoms with van der Waals surface area (Å²) in [5, 5.41) is 13.4. The van der Waals surface area contributed by atoms with Gasteiger partial charge in [-0.3, -0.25) is 4.79 Å². The maximum Gasteiger partial charge on any atom is 0.220 e. The Bertz CT molecular complexity index is 605. The largest absolute Gasteiger partial charge is 0.469 e. The molecule has 0 spiro atoms. The van der Waals surface area contributed by atoms with Crippen LogP contribution in [0, 0.1) is 11.8 Å². The maximum absolute atomic E-state index is 11.7. The highest BCUT2D eigenvalue weighted by molar-refractivity contribution is 7.10. The molecule has 0 aromatic carbocycles. The Labute approximate surface area is 121 Å². The van der Waals surface area contributed by atoms with Crippen LogP contribution in [0.2, 0.25) is 0 Å². The Morgan fingerprint density at radius 2 is 2.40 bits per heavy atom. The van der Waals surface area contributed by atoms with Gasteiger partial charge in [0.2, 0.25) is 5.91 Å². The smallest absolute Gasteiger partial charge is 0.220 e. The summed E-state index contributed by atoms with van der Waals surface area (Å²) in [7, 11) is 0. The van der Waals surface area contributed by atoms with Crippen molar-refractivity contribution >= 4 is 17.2 Å². The van der Waals surface area contributed by atoms with E-state index in [1.807, 2.05) is 23.6 Å². The van der Waals surface area contributed by atoms with E-state index in [4.69, 9.17) is 9.52 Å². The third kappa shape index (κ3) is 4.57. The van der Waals surface area contributed by atoms with Gasteiger partial charge in [-0.15, -0.1) is 11.3 Å². The van der Waals surface area contributed by atoms with E-state index in [9.17, 15) is 4.79 Å². The van der Waals surface area contributed by atoms with E-state index in [1.54, 1.807) is 17.6 Å². The number of aryl methyl sites for hydroxylation is 1. The van der Waals surface area contributed by atoms with Crippen molar-refractivity contribution in [3.05, 3.63) is 46.0 Å². The Kier molecular flexibility index (Phi) is 5.42. The number of hydrogen-bond donors (Lipinski definition) is 2. The average molecular weight is 289 g/mol. The third-order valence-electron chi connectivity index (χ3n) is 2.60. The lowest BCUT2D eigenvalue weighted by molar-refractivity contribution is -0.121. The lowest BCUT2D eigenvalue weighted by atomic mass is 10.2. The van der Waals surface area contributed by atoms with Gasteiger partial charge in [0.25, 0.3) is 0 Å². The summed E-state index contributed by atoms with van der Waals surface area (Å²) in [6.07, 6.45) is 2.63. The van der Waals surface area contributed by atoms with Gasteiger partial charge in [0, 0.05) is 28.7 Å². The molecule has 2 heterocycles. The molecule has 0 unspecified atom stereocenters. The zero-order valence-electron chi connectivity index (χ0n) is 10.9. The first-order valence-electron chi connectivity index (χ1n) is 6.24. The number of carbonyl (C=O) groups is 1. The van der Waals surface area contributed by atoms with E-state index in [0.29, 0.717) is 19.4 Å². The molecule has 0 aliphatic heterocycles. The summed E-state index contributed by atoms with van der Waals surface area (Å²) in [6, 6.07) is 5.59. The molecule has 0 bridgehead atoms. The fraction of sp³-hybridized carbons (Fsp3) is 0.267. The highest BCUT2D eigenvalue weighted by Crippen LogP contribution is 2.13. The number of carbonyl (C=O) groups excluding carboxylic acids is 1. The molecule has 20 heavy (non-hydrogen) atoms. The third-order valence-corrected chi connectivity index (χ3v) is 3.54. The number of aliphatic hydroxyl groups is 1. The van der Waals surface area contributed by atoms with Gasteiger partial charge in [-0.25, -0.2) is 0 Å². The van der Waals surface area contributed by atoms with Crippen LogP contribution in [-0.2, 0) is 17.8 Å². The Hall–Kier alpha value is -2.03. The molecule has 0 saturated carbocycles. The quantitative estimate of drug-likeness (QED) is 0.827. The molecule has 5 heteroatoms. The Morgan fingerprint density at radius 1 is 1.50 bits per heavy atom. The first kappa shape index (κ1) is 14.4. The molecule has 0 atom stereocenters. The highest BCUT2D eigenvalue weighted by Gasteiger charge is 2.05. The zero-order valence-corrected chi connectivity index (χ0v) is 11.7. The van der Waals surface area contributed by atoms with Crippen LogP contribution in [0.15, 0.2) is 34.3 Å². The van der Waals surface area contributed by atoms with Gasteiger partial charge in [0.1, 0.15) is 12.4 Å². The predicted octanol–water partition coefficient (Wildman–Crippen LogP) is 1.93. The van der Waals surface area contributed by atoms with Crippen LogP contribution in [-0.4, -0.2) is 17.6 Å². The van der Waals surface area contributed by atoms with Crippen LogP contribution in [0.5, 0.6) is 0 Å². The number of amides is 1. The fourth-order valence-electron chi connectivity index (χ4n) is 1.65. The van der Waals surface area contributed by atoms with Crippen molar-refractivity contribution < 1.29 is 14.3 Å². The van der Waals surface area contributed by atoms with Crippen LogP contribution in [0.25, 0.3) is 0 Å². The standard InChI is InChI=1S/C15H15NO3S/c17-7-1-3-12-9-14(20-11-12)10-16-15(18)6-5-13-4-2-8-19-13/h2,4,8-9,11,17H,5-7,10H2,(H,16,18). The van der Waals surface area contributed by atoms with E-state index in [2.05, 4.69) is 17.2 Å². The molecule has 0 aliphatic carbocycles. The molecule has 104 valence electrons. The number of furan rings is 1. The average Bonchev–Trinajstić information content (AvgIpc) is 3.12. The van der Waals surface area contributed by atoms with Gasteiger partial charge in [-0.05, 0) is 18.2 Å². The minimum absolute atomic E-state index is 0.00204. The molecule has 1 amide bonds. The van der Waals surface area contributed by atoms with Gasteiger partial charge >= 0.3 is 0 Å². The van der Waals surface area contributed by atoms with E-state index >= 15 is 0 Å². The summed E-state index contributed by atoms with van der Waals surface area (Å²) in [5.41, 5.74) is 0.865. The number of rotatable bonds is 5. The SMILES string of the molecule is O=C(CCc1ccco1)NCc1cc(C#CCO)cs1. The minimum atomic E-state index is -0.144. The molecular formula is C15H15NO3S. The summed E-state index contributed by atoms with van der Waals surface area (Å²) in [4.78, 5) is 12.7. The molecular weight excluding hydrogens is 274 g/mol. The Morgan fingerprint density at radius 3 is 3.15 bits per heavy atom. The molecule has 0 aliphatic rings. The predicted molar refractivity (Wildman–Crippen MR) is 77.2 cm³/mol. The second kappa shape index (κ2) is 7.53. The topological polar surface area (TPSA) is 62.5 Å². The van der Waals surface area contributed by atoms with E-state index < -0.39 is 0 Å². The molecule has 2 rings (SSSR count). The molecule has 2 aromatic heterocycles. The van der Waals surface area contributed by atoms with E-state index in [1.165, 1.54) is 0 Å². The highest BCUT2D eigenvalue weighted by atomic mass is 32.1. The van der Waals surface area contributed by atoms with Crippen molar-refractivity contribution in [2.24, 2.45) is 0 Å². The minimum Gasteiger partial charge on any atom is -0.469 e. The van der Waals surface area contributed by atoms with Crippen LogP contribution in [0.4, 0.5) is 0 Å². The first-order chi connectivity index (χ1) is 9.78. The second-order valence-electron chi connectivity index (χ2n) is 4.12. The van der Waals surface area contributed by atoms with E-state index in [0.717, 1.165) is 16.2 Å². The van der Waals surface area contributed by atoms with Crippen molar-refractivity contribution in [3.63, 3.8) is 0 Å². The molecule has 2 N–H and O–H groups in total. The maximum atomic E-state index is 11.7. The van der Waals surface area contributed by atoms with Gasteiger partial charge < -0.3 is 14.8 Å². The Balaban J connectivity index is 1.74. The molecule has 0 saturated heterocycles. The summed E-state index contributed by atoms with van der Waals surface area (Å²) < 4.78 is 5.17. The molecule has 0 fully saturated rings. The number of hydrogen-bond acceptors (Lipinski definition) is 4. The van der Waals surface area contributed by atoms with Crippen LogP contribution in [0.1, 0.15) is 22.6 Å². The number of aliphatic hydroxyl groups excluding tert-OH is 1. The monoisotopic (exact) mass is 289 g/mol. The van der Waals surface area contributed by atoms with E-state index in [-0.39, 0.29) is 12.5 Å². The van der Waals surface area contributed by atoms with Gasteiger partial charge in [-0.2, -0.15) is 0 Å². The summed E-state index contributed by atoms with van der Waals surface area (Å²) in [6.45, 7) is 0.358. The van der Waals surface area contributed by atoms with Crippen molar-refractivity contribution in [1.82, 2.24) is 5.32 Å². The second-order valence-corrected chi connectivity index (χ2v) is 5.11.